The summed E-state index contributed by atoms with van der Waals surface area (Å²) >= 11 is 5.62. The monoisotopic (exact) mass is 321 g/mol. The number of nitrogens with zero attached hydrogens (tertiary/aromatic N) is 2. The lowest BCUT2D eigenvalue weighted by atomic mass is 10.3. The summed E-state index contributed by atoms with van der Waals surface area (Å²) in [7, 11) is -1.65. The molecule has 0 heterocycles. The number of nitrogens with one attached hydrogen (secondary N) is 1. The molecular weight excluding hydrogens is 310 g/mol. The first-order chi connectivity index (χ1) is 9.20. The maximum absolute atomic E-state index is 12.2. The van der Waals surface area contributed by atoms with Gasteiger partial charge in [0.25, 0.3) is 5.69 Å². The number of amides is 1. The van der Waals surface area contributed by atoms with E-state index < -0.39 is 38.0 Å². The molecule has 8 nitrogen and oxygen atoms in total. The average Bonchev–Trinajstić information content (AvgIpc) is 2.37. The first-order valence-corrected chi connectivity index (χ1v) is 7.12. The first kappa shape index (κ1) is 16.3. The van der Waals surface area contributed by atoms with Gasteiger partial charge in [-0.05, 0) is 12.1 Å². The zero-order chi connectivity index (χ0) is 15.5. The number of nitro benzene ring substituents is 1. The summed E-state index contributed by atoms with van der Waals surface area (Å²) < 4.78 is 25.2. The van der Waals surface area contributed by atoms with E-state index in [4.69, 9.17) is 11.6 Å². The van der Waals surface area contributed by atoms with E-state index in [2.05, 4.69) is 5.32 Å². The molecule has 0 aliphatic carbocycles. The second kappa shape index (κ2) is 6.16. The molecule has 0 fully saturated rings. The SMILES string of the molecule is CNC(=O)CN(C)S(=O)(=O)c1ccc(Cl)cc1[N+](=O)[O-]. The highest BCUT2D eigenvalue weighted by Crippen LogP contribution is 2.28. The molecule has 0 aromatic heterocycles. The van der Waals surface area contributed by atoms with Crippen LogP contribution < -0.4 is 5.32 Å². The van der Waals surface area contributed by atoms with Gasteiger partial charge in [0.1, 0.15) is 0 Å². The summed E-state index contributed by atoms with van der Waals surface area (Å²) in [6.45, 7) is -0.446. The van der Waals surface area contributed by atoms with Crippen molar-refractivity contribution >= 4 is 33.2 Å². The number of carbonyl (C=O) groups excluding carboxylic acids is 1. The van der Waals surface area contributed by atoms with E-state index in [1.165, 1.54) is 13.1 Å². The van der Waals surface area contributed by atoms with Gasteiger partial charge in [-0.1, -0.05) is 11.6 Å². The molecule has 10 heteroatoms. The Morgan fingerprint density at radius 1 is 1.50 bits per heavy atom. The van der Waals surface area contributed by atoms with Crippen molar-refractivity contribution in [2.24, 2.45) is 0 Å². The molecule has 1 aromatic carbocycles. The highest BCUT2D eigenvalue weighted by molar-refractivity contribution is 7.89. The Morgan fingerprint density at radius 2 is 2.10 bits per heavy atom. The van der Waals surface area contributed by atoms with E-state index in [0.29, 0.717) is 0 Å². The fraction of sp³-hybridized carbons (Fsp3) is 0.300. The molecule has 0 radical (unpaired) electrons. The Morgan fingerprint density at radius 3 is 2.60 bits per heavy atom. The van der Waals surface area contributed by atoms with E-state index >= 15 is 0 Å². The molecule has 0 atom stereocenters. The predicted molar refractivity (Wildman–Crippen MR) is 72.0 cm³/mol. The van der Waals surface area contributed by atoms with Gasteiger partial charge in [-0.3, -0.25) is 14.9 Å². The number of hydrogen-bond acceptors (Lipinski definition) is 5. The second-order valence-electron chi connectivity index (χ2n) is 3.80. The van der Waals surface area contributed by atoms with Gasteiger partial charge in [0, 0.05) is 25.2 Å². The lowest BCUT2D eigenvalue weighted by Gasteiger charge is -2.16. The van der Waals surface area contributed by atoms with Crippen LogP contribution in [0.4, 0.5) is 5.69 Å². The van der Waals surface area contributed by atoms with Crippen molar-refractivity contribution < 1.29 is 18.1 Å². The summed E-state index contributed by atoms with van der Waals surface area (Å²) in [5.74, 6) is -0.535. The lowest BCUT2D eigenvalue weighted by molar-refractivity contribution is -0.387. The first-order valence-electron chi connectivity index (χ1n) is 5.31. The van der Waals surface area contributed by atoms with Crippen molar-refractivity contribution in [1.82, 2.24) is 9.62 Å². The van der Waals surface area contributed by atoms with Gasteiger partial charge in [-0.2, -0.15) is 4.31 Å². The molecule has 0 saturated heterocycles. The number of sulfonamides is 1. The van der Waals surface area contributed by atoms with E-state index in [-0.39, 0.29) is 5.02 Å². The van der Waals surface area contributed by atoms with Gasteiger partial charge in [0.15, 0.2) is 4.90 Å². The number of halogens is 1. The van der Waals surface area contributed by atoms with Gasteiger partial charge < -0.3 is 5.32 Å². The molecular formula is C10H12ClN3O5S. The minimum absolute atomic E-state index is 0.0459. The Kier molecular flexibility index (Phi) is 5.03. The molecule has 110 valence electrons. The molecule has 1 amide bonds. The molecule has 0 aliphatic rings. The van der Waals surface area contributed by atoms with Crippen molar-refractivity contribution in [2.75, 3.05) is 20.6 Å². The Balaban J connectivity index is 3.28. The van der Waals surface area contributed by atoms with Crippen LogP contribution in [-0.4, -0.2) is 44.2 Å². The maximum atomic E-state index is 12.2. The highest BCUT2D eigenvalue weighted by Gasteiger charge is 2.30. The zero-order valence-electron chi connectivity index (χ0n) is 10.7. The molecule has 1 N–H and O–H groups in total. The third-order valence-corrected chi connectivity index (χ3v) is 4.54. The molecule has 20 heavy (non-hydrogen) atoms. The summed E-state index contributed by atoms with van der Waals surface area (Å²) in [4.78, 5) is 20.8. The molecule has 0 aliphatic heterocycles. The van der Waals surface area contributed by atoms with E-state index in [1.807, 2.05) is 0 Å². The van der Waals surface area contributed by atoms with Crippen molar-refractivity contribution in [2.45, 2.75) is 4.90 Å². The van der Waals surface area contributed by atoms with E-state index in [9.17, 15) is 23.3 Å². The Labute approximate surface area is 120 Å². The number of nitro groups is 1. The number of rotatable bonds is 5. The largest absolute Gasteiger partial charge is 0.358 e. The smallest absolute Gasteiger partial charge is 0.290 e. The zero-order valence-corrected chi connectivity index (χ0v) is 12.2. The van der Waals surface area contributed by atoms with Crippen molar-refractivity contribution in [1.29, 1.82) is 0 Å². The summed E-state index contributed by atoms with van der Waals surface area (Å²) in [5.41, 5.74) is -0.638. The van der Waals surface area contributed by atoms with Crippen molar-refractivity contribution in [3.63, 3.8) is 0 Å². The molecule has 0 unspecified atom stereocenters. The molecule has 0 bridgehead atoms. The van der Waals surface area contributed by atoms with E-state index in [0.717, 1.165) is 23.5 Å². The van der Waals surface area contributed by atoms with Crippen LogP contribution in [0, 0.1) is 10.1 Å². The Bertz CT molecular complexity index is 646. The van der Waals surface area contributed by atoms with Crippen LogP contribution in [0.3, 0.4) is 0 Å². The topological polar surface area (TPSA) is 110 Å². The van der Waals surface area contributed by atoms with Crippen LogP contribution in [0.2, 0.25) is 5.02 Å². The van der Waals surface area contributed by atoms with Gasteiger partial charge >= 0.3 is 0 Å². The van der Waals surface area contributed by atoms with Gasteiger partial charge in [0.05, 0.1) is 11.5 Å². The second-order valence-corrected chi connectivity index (χ2v) is 6.25. The van der Waals surface area contributed by atoms with Crippen LogP contribution in [0.25, 0.3) is 0 Å². The summed E-state index contributed by atoms with van der Waals surface area (Å²) in [6.07, 6.45) is 0. The molecule has 1 aromatic rings. The van der Waals surface area contributed by atoms with Crippen molar-refractivity contribution in [3.8, 4) is 0 Å². The van der Waals surface area contributed by atoms with Gasteiger partial charge in [-0.15, -0.1) is 0 Å². The van der Waals surface area contributed by atoms with Crippen LogP contribution in [0.1, 0.15) is 0 Å². The van der Waals surface area contributed by atoms with Crippen LogP contribution in [-0.2, 0) is 14.8 Å². The number of carbonyl (C=O) groups is 1. The summed E-state index contributed by atoms with van der Waals surface area (Å²) in [6, 6.07) is 3.22. The third kappa shape index (κ3) is 3.44. The standard InChI is InChI=1S/C10H12ClN3O5S/c1-12-10(15)6-13(2)20(18,19)9-4-3-7(11)5-8(9)14(16)17/h3-5H,6H2,1-2H3,(H,12,15). The quantitative estimate of drug-likeness (QED) is 0.631. The van der Waals surface area contributed by atoms with Crippen molar-refractivity contribution in [3.05, 3.63) is 33.3 Å². The normalized spacial score (nSPS) is 11.4. The fourth-order valence-electron chi connectivity index (χ4n) is 1.39. The minimum Gasteiger partial charge on any atom is -0.358 e. The van der Waals surface area contributed by atoms with Gasteiger partial charge in [-0.25, -0.2) is 8.42 Å². The van der Waals surface area contributed by atoms with Crippen LogP contribution >= 0.6 is 11.6 Å². The maximum Gasteiger partial charge on any atom is 0.290 e. The van der Waals surface area contributed by atoms with Crippen LogP contribution in [0.15, 0.2) is 23.1 Å². The number of likely N-dealkylation sites (N-methyl/N-ethyl adjacent to an activating group) is 2. The average molecular weight is 322 g/mol. The fourth-order valence-corrected chi connectivity index (χ4v) is 2.81. The van der Waals surface area contributed by atoms with E-state index in [1.54, 1.807) is 0 Å². The number of hydrogen-bond donors (Lipinski definition) is 1. The minimum atomic E-state index is -4.16. The molecule has 1 rings (SSSR count). The predicted octanol–water partition coefficient (Wildman–Crippen LogP) is 0.615. The number of benzene rings is 1. The highest BCUT2D eigenvalue weighted by atomic mass is 35.5. The molecule has 0 saturated carbocycles. The Hall–Kier alpha value is -1.71. The van der Waals surface area contributed by atoms with Crippen LogP contribution in [0.5, 0.6) is 0 Å². The summed E-state index contributed by atoms with van der Waals surface area (Å²) in [5, 5.41) is 13.2. The molecule has 0 spiro atoms. The van der Waals surface area contributed by atoms with Gasteiger partial charge in [0.2, 0.25) is 15.9 Å². The third-order valence-electron chi connectivity index (χ3n) is 2.45. The lowest BCUT2D eigenvalue weighted by Crippen LogP contribution is -2.37.